The van der Waals surface area contributed by atoms with Crippen molar-refractivity contribution in [1.82, 2.24) is 4.40 Å². The van der Waals surface area contributed by atoms with Gasteiger partial charge in [-0.1, -0.05) is 48.0 Å². The zero-order valence-electron chi connectivity index (χ0n) is 15.5. The Kier molecular flexibility index (Phi) is 4.87. The number of aromatic nitrogens is 1. The number of rotatable bonds is 5. The van der Waals surface area contributed by atoms with Crippen molar-refractivity contribution in [1.29, 1.82) is 0 Å². The Balaban J connectivity index is 1.80. The number of carbonyl (C=O) groups is 1. The largest absolute Gasteiger partial charge is 0.314 e. The van der Waals surface area contributed by atoms with Crippen molar-refractivity contribution in [3.63, 3.8) is 0 Å². The molecule has 0 radical (unpaired) electrons. The molecule has 3 heteroatoms. The van der Waals surface area contributed by atoms with Gasteiger partial charge in [0.15, 0.2) is 6.29 Å². The van der Waals surface area contributed by atoms with Crippen molar-refractivity contribution >= 4 is 23.6 Å². The molecule has 0 aliphatic rings. The smallest absolute Gasteiger partial charge is 0.167 e. The monoisotopic (exact) mass is 371 g/mol. The maximum atomic E-state index is 11.9. The molecule has 4 aromatic rings. The number of thioether (sulfide) groups is 1. The van der Waals surface area contributed by atoms with Crippen LogP contribution in [0.15, 0.2) is 77.8 Å². The van der Waals surface area contributed by atoms with Gasteiger partial charge in [0.05, 0.1) is 5.69 Å². The van der Waals surface area contributed by atoms with Crippen LogP contribution in [0.2, 0.25) is 0 Å². The number of hydrogen-bond donors (Lipinski definition) is 0. The van der Waals surface area contributed by atoms with E-state index < -0.39 is 0 Å². The normalized spacial score (nSPS) is 11.0. The molecule has 2 aromatic heterocycles. The average Bonchev–Trinajstić information content (AvgIpc) is 3.05. The zero-order chi connectivity index (χ0) is 18.8. The van der Waals surface area contributed by atoms with E-state index in [0.717, 1.165) is 28.7 Å². The van der Waals surface area contributed by atoms with Gasteiger partial charge in [0.1, 0.15) is 0 Å². The van der Waals surface area contributed by atoms with E-state index in [1.54, 1.807) is 0 Å². The summed E-state index contributed by atoms with van der Waals surface area (Å²) in [5.41, 5.74) is 7.55. The maximum Gasteiger partial charge on any atom is 0.167 e. The Morgan fingerprint density at radius 3 is 2.44 bits per heavy atom. The minimum absolute atomic E-state index is 0.706. The number of fused-ring (bicyclic) bond motifs is 1. The Morgan fingerprint density at radius 2 is 1.67 bits per heavy atom. The summed E-state index contributed by atoms with van der Waals surface area (Å²) in [4.78, 5) is 13.1. The molecule has 0 atom stereocenters. The minimum Gasteiger partial charge on any atom is -0.314 e. The van der Waals surface area contributed by atoms with Gasteiger partial charge in [0, 0.05) is 27.9 Å². The predicted molar refractivity (Wildman–Crippen MR) is 114 cm³/mol. The van der Waals surface area contributed by atoms with Crippen LogP contribution in [0.5, 0.6) is 0 Å². The Bertz CT molecular complexity index is 1110. The molecule has 0 saturated carbocycles. The van der Waals surface area contributed by atoms with Crippen LogP contribution in [0, 0.1) is 13.8 Å². The second-order valence-electron chi connectivity index (χ2n) is 6.83. The van der Waals surface area contributed by atoms with Gasteiger partial charge >= 0.3 is 0 Å². The fourth-order valence-corrected chi connectivity index (χ4v) is 4.37. The number of benzene rings is 2. The third kappa shape index (κ3) is 3.56. The van der Waals surface area contributed by atoms with E-state index in [1.807, 2.05) is 34.5 Å². The molecule has 0 spiro atoms. The van der Waals surface area contributed by atoms with E-state index in [9.17, 15) is 4.79 Å². The minimum atomic E-state index is 0.706. The van der Waals surface area contributed by atoms with Gasteiger partial charge in [-0.15, -0.1) is 11.8 Å². The first kappa shape index (κ1) is 17.6. The van der Waals surface area contributed by atoms with Crippen LogP contribution >= 0.6 is 11.8 Å². The Labute approximate surface area is 163 Å². The van der Waals surface area contributed by atoms with E-state index in [0.29, 0.717) is 5.69 Å². The van der Waals surface area contributed by atoms with Crippen molar-refractivity contribution < 1.29 is 4.79 Å². The van der Waals surface area contributed by atoms with E-state index in [1.165, 1.54) is 21.6 Å². The molecule has 4 rings (SSSR count). The third-order valence-electron chi connectivity index (χ3n) is 4.74. The summed E-state index contributed by atoms with van der Waals surface area (Å²) < 4.78 is 1.98. The van der Waals surface area contributed by atoms with Gasteiger partial charge in [0.2, 0.25) is 0 Å². The molecule has 2 nitrogen and oxygen atoms in total. The predicted octanol–water partition coefficient (Wildman–Crippen LogP) is 6.33. The van der Waals surface area contributed by atoms with Crippen molar-refractivity contribution in [2.24, 2.45) is 0 Å². The lowest BCUT2D eigenvalue weighted by molar-refractivity contribution is 0.111. The summed E-state index contributed by atoms with van der Waals surface area (Å²) in [5, 5.41) is 0. The Morgan fingerprint density at radius 1 is 0.889 bits per heavy atom. The van der Waals surface area contributed by atoms with Crippen LogP contribution in [0.4, 0.5) is 0 Å². The Hall–Kier alpha value is -2.78. The topological polar surface area (TPSA) is 21.5 Å². The van der Waals surface area contributed by atoms with Crippen molar-refractivity contribution in [3.05, 3.63) is 95.3 Å². The maximum absolute atomic E-state index is 11.9. The second-order valence-corrected chi connectivity index (χ2v) is 7.85. The molecular formula is C24H21NOS. The molecule has 0 unspecified atom stereocenters. The molecular weight excluding hydrogens is 350 g/mol. The fraction of sp³-hybridized carbons (Fsp3) is 0.125. The number of carbonyl (C=O) groups excluding carboxylic acids is 1. The zero-order valence-corrected chi connectivity index (χ0v) is 16.3. The molecule has 0 fully saturated rings. The van der Waals surface area contributed by atoms with Gasteiger partial charge < -0.3 is 4.40 Å². The first-order valence-corrected chi connectivity index (χ1v) is 9.99. The second kappa shape index (κ2) is 7.45. The molecule has 0 amide bonds. The van der Waals surface area contributed by atoms with Crippen LogP contribution in [0.3, 0.4) is 0 Å². The van der Waals surface area contributed by atoms with Crippen LogP contribution in [0.1, 0.15) is 27.2 Å². The lowest BCUT2D eigenvalue weighted by Crippen LogP contribution is -1.93. The van der Waals surface area contributed by atoms with Gasteiger partial charge in [0.25, 0.3) is 0 Å². The molecule has 0 bridgehead atoms. The molecule has 27 heavy (non-hydrogen) atoms. The number of nitrogens with zero attached hydrogens (tertiary/aromatic N) is 1. The fourth-order valence-electron chi connectivity index (χ4n) is 3.36. The highest BCUT2D eigenvalue weighted by Gasteiger charge is 2.15. The number of aldehydes is 1. The standard InChI is InChI=1S/C24H21NOS/c1-17-8-9-24(27-16-19-6-4-3-5-7-19)22(13-17)21-14-20-12-18(2)10-11-25(20)23(21)15-26/h3-15H,16H2,1-2H3. The first-order valence-electron chi connectivity index (χ1n) is 9.00. The molecule has 0 aliphatic carbocycles. The van der Waals surface area contributed by atoms with E-state index in [4.69, 9.17) is 0 Å². The summed E-state index contributed by atoms with van der Waals surface area (Å²) in [5.74, 6) is 0.903. The lowest BCUT2D eigenvalue weighted by Gasteiger charge is -2.10. The molecule has 2 aromatic carbocycles. The quantitative estimate of drug-likeness (QED) is 0.302. The van der Waals surface area contributed by atoms with E-state index >= 15 is 0 Å². The molecule has 0 N–H and O–H groups in total. The lowest BCUT2D eigenvalue weighted by atomic mass is 10.0. The van der Waals surface area contributed by atoms with Crippen LogP contribution < -0.4 is 0 Å². The number of aryl methyl sites for hydroxylation is 2. The summed E-state index contributed by atoms with van der Waals surface area (Å²) in [6.45, 7) is 4.16. The van der Waals surface area contributed by atoms with Crippen LogP contribution in [-0.4, -0.2) is 10.7 Å². The molecule has 0 saturated heterocycles. The highest BCUT2D eigenvalue weighted by atomic mass is 32.2. The molecule has 0 aliphatic heterocycles. The summed E-state index contributed by atoms with van der Waals surface area (Å²) >= 11 is 1.81. The van der Waals surface area contributed by atoms with Crippen LogP contribution in [-0.2, 0) is 5.75 Å². The van der Waals surface area contributed by atoms with Crippen molar-refractivity contribution in [2.75, 3.05) is 0 Å². The van der Waals surface area contributed by atoms with Crippen LogP contribution in [0.25, 0.3) is 16.6 Å². The van der Waals surface area contributed by atoms with E-state index in [-0.39, 0.29) is 0 Å². The summed E-state index contributed by atoms with van der Waals surface area (Å²) in [7, 11) is 0. The van der Waals surface area contributed by atoms with E-state index in [2.05, 4.69) is 68.4 Å². The average molecular weight is 372 g/mol. The van der Waals surface area contributed by atoms with Crippen molar-refractivity contribution in [3.8, 4) is 11.1 Å². The highest BCUT2D eigenvalue weighted by Crippen LogP contribution is 2.37. The summed E-state index contributed by atoms with van der Waals surface area (Å²) in [6.07, 6.45) is 2.94. The highest BCUT2D eigenvalue weighted by molar-refractivity contribution is 7.98. The SMILES string of the molecule is Cc1ccc(SCc2ccccc2)c(-c2cc3cc(C)ccn3c2C=O)c1. The number of hydrogen-bond acceptors (Lipinski definition) is 2. The van der Waals surface area contributed by atoms with Gasteiger partial charge in [-0.2, -0.15) is 0 Å². The summed E-state index contributed by atoms with van der Waals surface area (Å²) in [6, 6.07) is 23.2. The molecule has 134 valence electrons. The first-order chi connectivity index (χ1) is 13.2. The van der Waals surface area contributed by atoms with Gasteiger partial charge in [-0.3, -0.25) is 4.79 Å². The molecule has 2 heterocycles. The van der Waals surface area contributed by atoms with Gasteiger partial charge in [-0.05, 0) is 54.8 Å². The van der Waals surface area contributed by atoms with Crippen molar-refractivity contribution in [2.45, 2.75) is 24.5 Å². The van der Waals surface area contributed by atoms with Gasteiger partial charge in [-0.25, -0.2) is 0 Å². The number of pyridine rings is 1. The third-order valence-corrected chi connectivity index (χ3v) is 5.89.